The number of pyridine rings is 1. The van der Waals surface area contributed by atoms with Crippen molar-refractivity contribution < 1.29 is 8.42 Å². The Hall–Kier alpha value is -3.46. The van der Waals surface area contributed by atoms with Crippen LogP contribution in [0.3, 0.4) is 0 Å². The monoisotopic (exact) mass is 434 g/mol. The van der Waals surface area contributed by atoms with E-state index in [1.165, 1.54) is 0 Å². The number of hydrogen-bond acceptors (Lipinski definition) is 6. The van der Waals surface area contributed by atoms with Gasteiger partial charge in [0.2, 0.25) is 0 Å². The van der Waals surface area contributed by atoms with E-state index in [-0.39, 0.29) is 4.90 Å². The quantitative estimate of drug-likeness (QED) is 0.517. The molecule has 9 heteroatoms. The standard InChI is InChI=1S/C22H22N6O2S/c1-27-15-18(16-13-20(25-24-14-16)28-11-5-6-12-28)21-19(9-10-23-22(21)27)26-31(29,30)17-7-3-2-4-8-17/h2-4,7-10,13-15H,5-6,11-12H2,1H3,(H,23,26). The summed E-state index contributed by atoms with van der Waals surface area (Å²) in [7, 11) is -1.85. The second-order valence-corrected chi connectivity index (χ2v) is 9.31. The van der Waals surface area contributed by atoms with Crippen molar-refractivity contribution in [1.29, 1.82) is 0 Å². The molecule has 1 saturated heterocycles. The lowest BCUT2D eigenvalue weighted by molar-refractivity contribution is 0.601. The molecule has 0 saturated carbocycles. The second-order valence-electron chi connectivity index (χ2n) is 7.63. The molecule has 158 valence electrons. The number of aromatic nitrogens is 4. The Labute approximate surface area is 180 Å². The number of hydrogen-bond donors (Lipinski definition) is 1. The number of aryl methyl sites for hydroxylation is 1. The molecule has 5 rings (SSSR count). The highest BCUT2D eigenvalue weighted by Gasteiger charge is 2.21. The number of rotatable bonds is 5. The van der Waals surface area contributed by atoms with Gasteiger partial charge in [-0.3, -0.25) is 4.72 Å². The van der Waals surface area contributed by atoms with Gasteiger partial charge in [0, 0.05) is 43.7 Å². The molecule has 1 fully saturated rings. The first-order valence-corrected chi connectivity index (χ1v) is 11.6. The lowest BCUT2D eigenvalue weighted by Gasteiger charge is -2.16. The highest BCUT2D eigenvalue weighted by molar-refractivity contribution is 7.92. The molecule has 3 aromatic heterocycles. The van der Waals surface area contributed by atoms with E-state index < -0.39 is 10.0 Å². The van der Waals surface area contributed by atoms with Gasteiger partial charge in [-0.15, -0.1) is 5.10 Å². The molecule has 0 unspecified atom stereocenters. The van der Waals surface area contributed by atoms with Crippen LogP contribution in [0.15, 0.2) is 66.0 Å². The van der Waals surface area contributed by atoms with Crippen molar-refractivity contribution in [2.75, 3.05) is 22.7 Å². The molecular formula is C22H22N6O2S. The predicted molar refractivity (Wildman–Crippen MR) is 120 cm³/mol. The highest BCUT2D eigenvalue weighted by Crippen LogP contribution is 2.36. The molecule has 1 aliphatic heterocycles. The Kier molecular flexibility index (Phi) is 4.82. The van der Waals surface area contributed by atoms with Crippen molar-refractivity contribution in [1.82, 2.24) is 19.7 Å². The number of nitrogens with one attached hydrogen (secondary N) is 1. The molecular weight excluding hydrogens is 412 g/mol. The molecule has 31 heavy (non-hydrogen) atoms. The average Bonchev–Trinajstić information content (AvgIpc) is 3.44. The highest BCUT2D eigenvalue weighted by atomic mass is 32.2. The zero-order valence-electron chi connectivity index (χ0n) is 17.1. The Morgan fingerprint density at radius 3 is 2.61 bits per heavy atom. The lowest BCUT2D eigenvalue weighted by atomic mass is 10.1. The van der Waals surface area contributed by atoms with Crippen molar-refractivity contribution in [2.24, 2.45) is 7.05 Å². The van der Waals surface area contributed by atoms with Crippen LogP contribution in [0.5, 0.6) is 0 Å². The third-order valence-electron chi connectivity index (χ3n) is 5.54. The smallest absolute Gasteiger partial charge is 0.261 e. The van der Waals surface area contributed by atoms with Gasteiger partial charge in [-0.05, 0) is 37.1 Å². The van der Waals surface area contributed by atoms with Crippen LogP contribution < -0.4 is 9.62 Å². The summed E-state index contributed by atoms with van der Waals surface area (Å²) in [5.74, 6) is 0.835. The molecule has 1 aromatic carbocycles. The number of sulfonamides is 1. The molecule has 1 aliphatic rings. The SMILES string of the molecule is Cn1cc(-c2cnnc(N3CCCC3)c2)c2c(NS(=O)(=O)c3ccccc3)ccnc21. The topological polar surface area (TPSA) is 93.0 Å². The number of benzene rings is 1. The summed E-state index contributed by atoms with van der Waals surface area (Å²) in [6.45, 7) is 1.94. The summed E-state index contributed by atoms with van der Waals surface area (Å²) in [5, 5.41) is 9.24. The fraction of sp³-hybridized carbons (Fsp3) is 0.227. The van der Waals surface area contributed by atoms with Gasteiger partial charge < -0.3 is 9.47 Å². The van der Waals surface area contributed by atoms with Crippen molar-refractivity contribution in [3.63, 3.8) is 0 Å². The van der Waals surface area contributed by atoms with Crippen molar-refractivity contribution in [2.45, 2.75) is 17.7 Å². The Balaban J connectivity index is 1.62. The van der Waals surface area contributed by atoms with Gasteiger partial charge in [0.15, 0.2) is 5.82 Å². The van der Waals surface area contributed by atoms with Gasteiger partial charge in [-0.25, -0.2) is 13.4 Å². The summed E-state index contributed by atoms with van der Waals surface area (Å²) < 4.78 is 30.6. The molecule has 0 amide bonds. The molecule has 4 heterocycles. The summed E-state index contributed by atoms with van der Waals surface area (Å²) in [5.41, 5.74) is 2.88. The summed E-state index contributed by atoms with van der Waals surface area (Å²) >= 11 is 0. The van der Waals surface area contributed by atoms with Crippen LogP contribution in [0.2, 0.25) is 0 Å². The minimum absolute atomic E-state index is 0.208. The predicted octanol–water partition coefficient (Wildman–Crippen LogP) is 3.43. The average molecular weight is 435 g/mol. The normalized spacial score (nSPS) is 14.3. The van der Waals surface area contributed by atoms with Crippen LogP contribution in [-0.2, 0) is 17.1 Å². The first-order chi connectivity index (χ1) is 15.0. The fourth-order valence-corrected chi connectivity index (χ4v) is 5.11. The summed E-state index contributed by atoms with van der Waals surface area (Å²) in [6, 6.07) is 12.0. The van der Waals surface area contributed by atoms with E-state index >= 15 is 0 Å². The van der Waals surface area contributed by atoms with Crippen LogP contribution in [0.1, 0.15) is 12.8 Å². The van der Waals surface area contributed by atoms with E-state index in [0.29, 0.717) is 11.3 Å². The zero-order chi connectivity index (χ0) is 21.4. The summed E-state index contributed by atoms with van der Waals surface area (Å²) in [4.78, 5) is 6.90. The van der Waals surface area contributed by atoms with Gasteiger partial charge in [0.05, 0.1) is 22.2 Å². The molecule has 1 N–H and O–H groups in total. The van der Waals surface area contributed by atoms with Crippen LogP contribution in [0.25, 0.3) is 22.2 Å². The molecule has 0 radical (unpaired) electrons. The minimum atomic E-state index is -3.74. The van der Waals surface area contributed by atoms with E-state index in [4.69, 9.17) is 0 Å². The largest absolute Gasteiger partial charge is 0.355 e. The van der Waals surface area contributed by atoms with Crippen LogP contribution in [0, 0.1) is 0 Å². The summed E-state index contributed by atoms with van der Waals surface area (Å²) in [6.07, 6.45) is 7.56. The van der Waals surface area contributed by atoms with E-state index in [9.17, 15) is 8.42 Å². The number of nitrogens with zero attached hydrogens (tertiary/aromatic N) is 5. The molecule has 0 atom stereocenters. The Bertz CT molecular complexity index is 1350. The number of fused-ring (bicyclic) bond motifs is 1. The fourth-order valence-electron chi connectivity index (χ4n) is 4.01. The van der Waals surface area contributed by atoms with Crippen molar-refractivity contribution in [3.05, 3.63) is 61.1 Å². The van der Waals surface area contributed by atoms with Gasteiger partial charge in [0.1, 0.15) is 5.65 Å². The van der Waals surface area contributed by atoms with E-state index in [1.807, 2.05) is 23.9 Å². The zero-order valence-corrected chi connectivity index (χ0v) is 17.9. The maximum Gasteiger partial charge on any atom is 0.261 e. The second kappa shape index (κ2) is 7.66. The van der Waals surface area contributed by atoms with Crippen molar-refractivity contribution >= 4 is 32.6 Å². The minimum Gasteiger partial charge on any atom is -0.355 e. The Morgan fingerprint density at radius 1 is 1.06 bits per heavy atom. The molecule has 0 spiro atoms. The maximum absolute atomic E-state index is 13.0. The number of anilines is 2. The molecule has 8 nitrogen and oxygen atoms in total. The van der Waals surface area contributed by atoms with E-state index in [1.54, 1.807) is 48.8 Å². The molecule has 4 aromatic rings. The van der Waals surface area contributed by atoms with Gasteiger partial charge in [-0.1, -0.05) is 18.2 Å². The maximum atomic E-state index is 13.0. The van der Waals surface area contributed by atoms with Gasteiger partial charge >= 0.3 is 0 Å². The third-order valence-corrected chi connectivity index (χ3v) is 6.92. The van der Waals surface area contributed by atoms with Gasteiger partial charge in [0.25, 0.3) is 10.0 Å². The Morgan fingerprint density at radius 2 is 1.84 bits per heavy atom. The van der Waals surface area contributed by atoms with E-state index in [2.05, 4.69) is 24.8 Å². The first-order valence-electron chi connectivity index (χ1n) is 10.1. The van der Waals surface area contributed by atoms with Gasteiger partial charge in [-0.2, -0.15) is 5.10 Å². The van der Waals surface area contributed by atoms with Crippen LogP contribution in [0.4, 0.5) is 11.5 Å². The van der Waals surface area contributed by atoms with Crippen LogP contribution >= 0.6 is 0 Å². The molecule has 0 bridgehead atoms. The van der Waals surface area contributed by atoms with Crippen LogP contribution in [-0.4, -0.2) is 41.3 Å². The van der Waals surface area contributed by atoms with Crippen molar-refractivity contribution in [3.8, 4) is 11.1 Å². The first kappa shape index (κ1) is 19.5. The molecule has 0 aliphatic carbocycles. The third kappa shape index (κ3) is 3.61. The lowest BCUT2D eigenvalue weighted by Crippen LogP contribution is -2.19. The van der Waals surface area contributed by atoms with E-state index in [0.717, 1.165) is 48.3 Å².